The van der Waals surface area contributed by atoms with Gasteiger partial charge in [0.15, 0.2) is 0 Å². The lowest BCUT2D eigenvalue weighted by atomic mass is 10.1. The van der Waals surface area contributed by atoms with Crippen LogP contribution in [0.4, 0.5) is 23.5 Å². The van der Waals surface area contributed by atoms with Crippen LogP contribution in [-0.2, 0) is 4.79 Å². The SMILES string of the molecule is C[C@@H](Nc1nccc(-c2ccc(F)cc2)n1)C(=O)N1CCC1.OC(F)(F)F. The largest absolute Gasteiger partial charge is 0.519 e. The maximum atomic E-state index is 13.0. The molecule has 2 aromatic rings. The third kappa shape index (κ3) is 6.81. The van der Waals surface area contributed by atoms with Crippen molar-refractivity contribution >= 4 is 11.9 Å². The van der Waals surface area contributed by atoms with Crippen molar-refractivity contribution in [1.29, 1.82) is 0 Å². The Kier molecular flexibility index (Phi) is 6.67. The Bertz CT molecular complexity index is 758. The average Bonchev–Trinajstić information content (AvgIpc) is 2.52. The van der Waals surface area contributed by atoms with Crippen LogP contribution in [0.15, 0.2) is 36.5 Å². The fourth-order valence-electron chi connectivity index (χ4n) is 2.28. The van der Waals surface area contributed by atoms with Crippen LogP contribution in [-0.4, -0.2) is 51.4 Å². The van der Waals surface area contributed by atoms with Crippen LogP contribution in [0.2, 0.25) is 0 Å². The second-order valence-electron chi connectivity index (χ2n) is 5.79. The Morgan fingerprint density at radius 1 is 1.22 bits per heavy atom. The van der Waals surface area contributed by atoms with Gasteiger partial charge in [-0.15, -0.1) is 13.2 Å². The fourth-order valence-corrected chi connectivity index (χ4v) is 2.28. The Labute approximate surface area is 152 Å². The highest BCUT2D eigenvalue weighted by atomic mass is 19.4. The van der Waals surface area contributed by atoms with E-state index in [0.717, 1.165) is 25.1 Å². The molecular formula is C17H18F4N4O2. The number of carbonyl (C=O) groups excluding carboxylic acids is 1. The lowest BCUT2D eigenvalue weighted by Gasteiger charge is -2.33. The first-order chi connectivity index (χ1) is 12.6. The number of alkyl halides is 3. The number of amides is 1. The normalized spacial score (nSPS) is 14.5. The smallest absolute Gasteiger partial charge is 0.343 e. The van der Waals surface area contributed by atoms with Gasteiger partial charge in [-0.05, 0) is 43.7 Å². The molecule has 1 saturated heterocycles. The van der Waals surface area contributed by atoms with Crippen molar-refractivity contribution in [3.63, 3.8) is 0 Å². The van der Waals surface area contributed by atoms with E-state index in [-0.39, 0.29) is 17.8 Å². The monoisotopic (exact) mass is 386 g/mol. The van der Waals surface area contributed by atoms with E-state index in [1.54, 1.807) is 31.3 Å². The van der Waals surface area contributed by atoms with Gasteiger partial charge in [-0.2, -0.15) is 0 Å². The number of halogens is 4. The predicted molar refractivity (Wildman–Crippen MR) is 90.0 cm³/mol. The van der Waals surface area contributed by atoms with Crippen molar-refractivity contribution in [2.75, 3.05) is 18.4 Å². The van der Waals surface area contributed by atoms with Crippen molar-refractivity contribution in [2.45, 2.75) is 25.7 Å². The molecule has 146 valence electrons. The Balaban J connectivity index is 0.000000465. The molecule has 1 aliphatic rings. The van der Waals surface area contributed by atoms with Gasteiger partial charge in [0, 0.05) is 24.8 Å². The summed E-state index contributed by atoms with van der Waals surface area (Å²) in [5, 5.41) is 9.55. The highest BCUT2D eigenvalue weighted by Gasteiger charge is 2.25. The molecule has 1 fully saturated rings. The fraction of sp³-hybridized carbons (Fsp3) is 0.353. The van der Waals surface area contributed by atoms with Gasteiger partial charge in [0.2, 0.25) is 11.9 Å². The van der Waals surface area contributed by atoms with Gasteiger partial charge in [0.05, 0.1) is 5.69 Å². The quantitative estimate of drug-likeness (QED) is 0.790. The summed E-state index contributed by atoms with van der Waals surface area (Å²) in [5.74, 6) is 0.162. The summed E-state index contributed by atoms with van der Waals surface area (Å²) < 4.78 is 42.7. The molecule has 0 bridgehead atoms. The molecule has 1 atom stereocenters. The van der Waals surface area contributed by atoms with Crippen LogP contribution < -0.4 is 5.32 Å². The zero-order valence-electron chi connectivity index (χ0n) is 14.4. The first-order valence-electron chi connectivity index (χ1n) is 8.07. The molecule has 0 saturated carbocycles. The highest BCUT2D eigenvalue weighted by Crippen LogP contribution is 2.18. The van der Waals surface area contributed by atoms with E-state index < -0.39 is 6.36 Å². The van der Waals surface area contributed by atoms with E-state index >= 15 is 0 Å². The first-order valence-corrected chi connectivity index (χ1v) is 8.07. The summed E-state index contributed by atoms with van der Waals surface area (Å²) in [4.78, 5) is 22.4. The predicted octanol–water partition coefficient (Wildman–Crippen LogP) is 2.81. The second kappa shape index (κ2) is 8.76. The second-order valence-corrected chi connectivity index (χ2v) is 5.79. The Hall–Kier alpha value is -2.75. The number of aromatic nitrogens is 2. The van der Waals surface area contributed by atoms with Crippen LogP contribution in [0, 0.1) is 5.82 Å². The zero-order chi connectivity index (χ0) is 20.0. The van der Waals surface area contributed by atoms with Gasteiger partial charge in [0.1, 0.15) is 11.9 Å². The van der Waals surface area contributed by atoms with Crippen molar-refractivity contribution < 1.29 is 27.5 Å². The number of rotatable bonds is 4. The summed E-state index contributed by atoms with van der Waals surface area (Å²) in [5.41, 5.74) is 1.48. The molecule has 0 spiro atoms. The number of anilines is 1. The van der Waals surface area contributed by atoms with Crippen LogP contribution in [0.25, 0.3) is 11.3 Å². The lowest BCUT2D eigenvalue weighted by Crippen LogP contribution is -2.48. The Morgan fingerprint density at radius 2 is 1.81 bits per heavy atom. The molecule has 2 heterocycles. The summed E-state index contributed by atoms with van der Waals surface area (Å²) in [7, 11) is 0. The van der Waals surface area contributed by atoms with E-state index in [1.807, 2.05) is 4.90 Å². The molecule has 2 N–H and O–H groups in total. The van der Waals surface area contributed by atoms with Crippen LogP contribution in [0.1, 0.15) is 13.3 Å². The van der Waals surface area contributed by atoms with Crippen molar-refractivity contribution in [3.8, 4) is 11.3 Å². The van der Waals surface area contributed by atoms with Crippen molar-refractivity contribution in [3.05, 3.63) is 42.3 Å². The number of aliphatic hydroxyl groups is 1. The summed E-state index contributed by atoms with van der Waals surface area (Å²) in [6, 6.07) is 7.48. The van der Waals surface area contributed by atoms with Crippen LogP contribution in [0.5, 0.6) is 0 Å². The lowest BCUT2D eigenvalue weighted by molar-refractivity contribution is -0.295. The van der Waals surface area contributed by atoms with E-state index in [4.69, 9.17) is 5.11 Å². The Morgan fingerprint density at radius 3 is 2.33 bits per heavy atom. The van der Waals surface area contributed by atoms with E-state index in [9.17, 15) is 22.4 Å². The van der Waals surface area contributed by atoms with E-state index in [1.165, 1.54) is 12.1 Å². The minimum Gasteiger partial charge on any atom is -0.343 e. The van der Waals surface area contributed by atoms with E-state index in [2.05, 4.69) is 15.3 Å². The molecule has 3 rings (SSSR count). The molecule has 1 aromatic carbocycles. The summed E-state index contributed by atoms with van der Waals surface area (Å²) in [6.45, 7) is 3.44. The van der Waals surface area contributed by atoms with Crippen molar-refractivity contribution in [1.82, 2.24) is 14.9 Å². The number of likely N-dealkylation sites (tertiary alicyclic amines) is 1. The first kappa shape index (κ1) is 20.6. The summed E-state index contributed by atoms with van der Waals surface area (Å²) >= 11 is 0. The minimum atomic E-state index is -5.00. The molecule has 1 aliphatic heterocycles. The molecule has 0 aliphatic carbocycles. The van der Waals surface area contributed by atoms with Gasteiger partial charge in [0.25, 0.3) is 0 Å². The zero-order valence-corrected chi connectivity index (χ0v) is 14.4. The summed E-state index contributed by atoms with van der Waals surface area (Å²) in [6.07, 6.45) is -2.32. The maximum absolute atomic E-state index is 13.0. The molecular weight excluding hydrogens is 368 g/mol. The number of hydrogen-bond donors (Lipinski definition) is 2. The van der Waals surface area contributed by atoms with Gasteiger partial charge < -0.3 is 15.3 Å². The third-order valence-corrected chi connectivity index (χ3v) is 3.68. The molecule has 0 radical (unpaired) electrons. The number of hydrogen-bond acceptors (Lipinski definition) is 5. The molecule has 1 aromatic heterocycles. The van der Waals surface area contributed by atoms with Crippen LogP contribution in [0.3, 0.4) is 0 Å². The molecule has 1 amide bonds. The van der Waals surface area contributed by atoms with Gasteiger partial charge >= 0.3 is 6.36 Å². The highest BCUT2D eigenvalue weighted by molar-refractivity contribution is 5.84. The minimum absolute atomic E-state index is 0.0574. The van der Waals surface area contributed by atoms with Crippen LogP contribution >= 0.6 is 0 Å². The number of carbonyl (C=O) groups is 1. The molecule has 0 unspecified atom stereocenters. The number of nitrogens with one attached hydrogen (secondary N) is 1. The topological polar surface area (TPSA) is 78.4 Å². The van der Waals surface area contributed by atoms with E-state index in [0.29, 0.717) is 11.6 Å². The van der Waals surface area contributed by atoms with Gasteiger partial charge in [-0.3, -0.25) is 4.79 Å². The number of benzene rings is 1. The van der Waals surface area contributed by atoms with Crippen molar-refractivity contribution in [2.24, 2.45) is 0 Å². The maximum Gasteiger partial charge on any atom is 0.519 e. The number of nitrogens with zero attached hydrogens (tertiary/aromatic N) is 3. The molecule has 6 nitrogen and oxygen atoms in total. The molecule has 10 heteroatoms. The molecule has 27 heavy (non-hydrogen) atoms. The average molecular weight is 386 g/mol. The standard InChI is InChI=1S/C16H17FN4O.CHF3O/c1-11(15(22)21-9-2-10-21)19-16-18-8-7-14(20-16)12-3-5-13(17)6-4-12;2-1(3,4)5/h3-8,11H,2,9-10H2,1H3,(H,18,19,20);5H/t11-;/m1./s1. The van der Waals surface area contributed by atoms with Gasteiger partial charge in [-0.1, -0.05) is 0 Å². The third-order valence-electron chi connectivity index (χ3n) is 3.68. The van der Waals surface area contributed by atoms with Gasteiger partial charge in [-0.25, -0.2) is 14.4 Å².